The van der Waals surface area contributed by atoms with Gasteiger partial charge >= 0.3 is 78.4 Å². The van der Waals surface area contributed by atoms with Crippen molar-refractivity contribution >= 4 is 41.0 Å². The van der Waals surface area contributed by atoms with Crippen LogP contribution in [0, 0.1) is 0 Å². The Morgan fingerprint density at radius 2 is 0.846 bits per heavy atom. The minimum absolute atomic E-state index is 3.40. The van der Waals surface area contributed by atoms with Gasteiger partial charge in [0.2, 0.25) is 0 Å². The van der Waals surface area contributed by atoms with Gasteiger partial charge in [-0.15, -0.1) is 0 Å². The number of hydrogen-bond acceptors (Lipinski definition) is 9. The molecule has 0 fully saturated rings. The average molecular weight is 307 g/mol. The van der Waals surface area contributed by atoms with Gasteiger partial charge in [0.1, 0.15) is 0 Å². The van der Waals surface area contributed by atoms with Crippen molar-refractivity contribution in [3.05, 3.63) is 0 Å². The minimum atomic E-state index is -4.17. The van der Waals surface area contributed by atoms with Crippen molar-refractivity contribution in [2.45, 2.75) is 0 Å². The van der Waals surface area contributed by atoms with Gasteiger partial charge in [-0.1, -0.05) is 0 Å². The first kappa shape index (κ1) is 13.2. The van der Waals surface area contributed by atoms with E-state index in [1.54, 1.807) is 0 Å². The molecule has 0 amide bonds. The molecule has 0 aromatic heterocycles. The topological polar surface area (TPSA) is 130 Å². The molecule has 0 heterocycles. The first-order valence-corrected chi connectivity index (χ1v) is 8.60. The van der Waals surface area contributed by atoms with E-state index in [0.717, 1.165) is 0 Å². The molecule has 0 saturated heterocycles. The summed E-state index contributed by atoms with van der Waals surface area (Å²) in [5.74, 6) is 0. The normalized spacial score (nSPS) is 9.23. The van der Waals surface area contributed by atoms with Crippen LogP contribution in [-0.4, -0.2) is 17.3 Å². The second-order valence-electron chi connectivity index (χ2n) is 1.28. The second-order valence-corrected chi connectivity index (χ2v) is 8.44. The van der Waals surface area contributed by atoms with Crippen molar-refractivity contribution in [2.75, 3.05) is 0 Å². The zero-order valence-corrected chi connectivity index (χ0v) is 10.7. The maximum absolute atomic E-state index is 9.88. The maximum atomic E-state index is 9.88. The van der Waals surface area contributed by atoms with Crippen molar-refractivity contribution in [2.24, 2.45) is 0 Å². The number of hydrogen-bond donors (Lipinski definition) is 0. The summed E-state index contributed by atoms with van der Waals surface area (Å²) in [6, 6.07) is 0. The quantitative estimate of drug-likeness (QED) is 0.526. The summed E-state index contributed by atoms with van der Waals surface area (Å²) < 4.78 is 70.7. The fraction of sp³-hybridized carbons (Fsp3) is 0. The molecule has 0 aliphatic rings. The summed E-state index contributed by atoms with van der Waals surface area (Å²) in [5.41, 5.74) is 0. The van der Waals surface area contributed by atoms with Crippen molar-refractivity contribution in [3.63, 3.8) is 0 Å². The van der Waals surface area contributed by atoms with E-state index in [-0.39, 0.29) is 0 Å². The van der Waals surface area contributed by atoms with Crippen LogP contribution in [0.4, 0.5) is 0 Å². The predicted octanol–water partition coefficient (Wildman–Crippen LogP) is 1.28. The zero-order valence-electron chi connectivity index (χ0n) is 5.59. The van der Waals surface area contributed by atoms with E-state index in [0.29, 0.717) is 0 Å². The molecule has 13 heavy (non-hydrogen) atoms. The van der Waals surface area contributed by atoms with Gasteiger partial charge in [-0.2, -0.15) is 0 Å². The van der Waals surface area contributed by atoms with E-state index in [2.05, 4.69) is 9.95 Å². The van der Waals surface area contributed by atoms with E-state index in [1.165, 1.54) is 0 Å². The van der Waals surface area contributed by atoms with Crippen molar-refractivity contribution in [3.8, 4) is 0 Å². The molecule has 0 N–H and O–H groups in total. The molecule has 0 unspecified atom stereocenters. The van der Waals surface area contributed by atoms with Crippen LogP contribution in [-0.2, 0) is 37.3 Å². The Bertz CT molecular complexity index is 276. The Morgan fingerprint density at radius 3 is 1.00 bits per heavy atom. The summed E-state index contributed by atoms with van der Waals surface area (Å²) in [5, 5.41) is 0. The monoisotopic (exact) mass is 306 g/mol. The van der Waals surface area contributed by atoms with Gasteiger partial charge in [0.15, 0.2) is 0 Å². The van der Waals surface area contributed by atoms with Crippen LogP contribution in [0.15, 0.2) is 0 Å². The van der Waals surface area contributed by atoms with E-state index >= 15 is 0 Å². The second kappa shape index (κ2) is 6.64. The van der Waals surface area contributed by atoms with Crippen LogP contribution in [0.1, 0.15) is 0 Å². The summed E-state index contributed by atoms with van der Waals surface area (Å²) in [6.07, 6.45) is 0. The summed E-state index contributed by atoms with van der Waals surface area (Å²) in [6.45, 7) is 0. The molecule has 0 aromatic carbocycles. The SMILES string of the molecule is O=P(=O)[O][Ga]([O]P(=O)=O)[O]P(=O)=O. The Hall–Kier alpha value is 0.216. The van der Waals surface area contributed by atoms with E-state index in [9.17, 15) is 27.4 Å². The van der Waals surface area contributed by atoms with Gasteiger partial charge < -0.3 is 0 Å². The third-order valence-electron chi connectivity index (χ3n) is 0.516. The van der Waals surface area contributed by atoms with Crippen LogP contribution in [0.25, 0.3) is 0 Å². The molecule has 0 aliphatic carbocycles. The molecular weight excluding hydrogens is 307 g/mol. The van der Waals surface area contributed by atoms with E-state index in [1.807, 2.05) is 0 Å². The Morgan fingerprint density at radius 1 is 0.615 bits per heavy atom. The summed E-state index contributed by atoms with van der Waals surface area (Å²) in [7, 11) is -10.2. The Balaban J connectivity index is 4.34. The van der Waals surface area contributed by atoms with Gasteiger partial charge in [-0.25, -0.2) is 0 Å². The van der Waals surface area contributed by atoms with E-state index in [4.69, 9.17) is 0 Å². The van der Waals surface area contributed by atoms with Crippen LogP contribution in [0.3, 0.4) is 0 Å². The van der Waals surface area contributed by atoms with Crippen LogP contribution in [0.2, 0.25) is 0 Å². The van der Waals surface area contributed by atoms with E-state index < -0.39 is 41.0 Å². The third-order valence-corrected chi connectivity index (χ3v) is 8.05. The van der Waals surface area contributed by atoms with Gasteiger partial charge in [0.25, 0.3) is 0 Å². The van der Waals surface area contributed by atoms with Crippen LogP contribution in [0.5, 0.6) is 0 Å². The molecule has 0 rings (SSSR count). The average Bonchev–Trinajstić information content (AvgIpc) is 1.80. The molecular formula is GaO9P3. The number of rotatable bonds is 6. The molecule has 13 heteroatoms. The molecule has 9 nitrogen and oxygen atoms in total. The first-order valence-electron chi connectivity index (χ1n) is 2.35. The molecule has 0 aromatic rings. The molecule has 0 spiro atoms. The molecule has 0 saturated carbocycles. The first-order chi connectivity index (χ1) is 5.91. The zero-order chi connectivity index (χ0) is 10.4. The van der Waals surface area contributed by atoms with Crippen LogP contribution < -0.4 is 0 Å². The van der Waals surface area contributed by atoms with Gasteiger partial charge in [0.05, 0.1) is 0 Å². The van der Waals surface area contributed by atoms with Crippen LogP contribution >= 0.6 is 23.7 Å². The molecule has 0 radical (unpaired) electrons. The fourth-order valence-corrected chi connectivity index (χ4v) is 5.99. The van der Waals surface area contributed by atoms with Gasteiger partial charge in [-0.3, -0.25) is 0 Å². The van der Waals surface area contributed by atoms with Gasteiger partial charge in [-0.05, 0) is 0 Å². The third kappa shape index (κ3) is 8.54. The summed E-state index contributed by atoms with van der Waals surface area (Å²) in [4.78, 5) is 0. The van der Waals surface area contributed by atoms with Crippen molar-refractivity contribution in [1.29, 1.82) is 0 Å². The fourth-order valence-electron chi connectivity index (χ4n) is 0.269. The Kier molecular flexibility index (Phi) is 6.75. The molecule has 0 aliphatic heterocycles. The standard InChI is InChI=1S/Ga.3HO3P/c;3*1-4(2)3/h;3*(H,1,2,3)/q+3;;;/p-3. The van der Waals surface area contributed by atoms with Gasteiger partial charge in [0, 0.05) is 0 Å². The predicted molar refractivity (Wildman–Crippen MR) is 33.9 cm³/mol. The van der Waals surface area contributed by atoms with Crippen molar-refractivity contribution < 1.29 is 37.3 Å². The molecule has 72 valence electrons. The van der Waals surface area contributed by atoms with Crippen molar-refractivity contribution in [1.82, 2.24) is 0 Å². The Labute approximate surface area is 78.7 Å². The molecule has 0 bridgehead atoms. The molecule has 0 atom stereocenters. The summed E-state index contributed by atoms with van der Waals surface area (Å²) >= 11 is -4.17.